The smallest absolute Gasteiger partial charge is 0.320 e. The summed E-state index contributed by atoms with van der Waals surface area (Å²) in [4.78, 5) is 28.0. The molecular weight excluding hydrogens is 364 g/mol. The molecule has 150 valence electrons. The van der Waals surface area contributed by atoms with E-state index in [4.69, 9.17) is 0 Å². The quantitative estimate of drug-likeness (QED) is 0.847. The topological polar surface area (TPSA) is 60.9 Å². The van der Waals surface area contributed by atoms with Crippen LogP contribution in [0.5, 0.6) is 0 Å². The highest BCUT2D eigenvalue weighted by Crippen LogP contribution is 2.33. The van der Waals surface area contributed by atoms with Gasteiger partial charge in [-0.2, -0.15) is 0 Å². The maximum Gasteiger partial charge on any atom is 0.320 e. The number of carbonyl (C=O) groups is 2. The van der Waals surface area contributed by atoms with Gasteiger partial charge in [-0.1, -0.05) is 45.0 Å². The summed E-state index contributed by atoms with van der Waals surface area (Å²) >= 11 is 0. The molecule has 2 atom stereocenters. The summed E-state index contributed by atoms with van der Waals surface area (Å²) in [5.74, 6) is -0.758. The lowest BCUT2D eigenvalue weighted by Crippen LogP contribution is -2.44. The van der Waals surface area contributed by atoms with Crippen molar-refractivity contribution in [2.24, 2.45) is 0 Å². The molecule has 5 nitrogen and oxygen atoms in total. The van der Waals surface area contributed by atoms with Crippen LogP contribution in [-0.2, 0) is 15.0 Å². The number of nitrogens with zero attached hydrogens (tertiary/aromatic N) is 2. The number of carbonyl (C=O) groups excluding carboxylic acids is 1. The van der Waals surface area contributed by atoms with E-state index in [1.807, 2.05) is 9.80 Å². The fourth-order valence-corrected chi connectivity index (χ4v) is 4.18. The first-order valence-electron chi connectivity index (χ1n) is 9.64. The van der Waals surface area contributed by atoms with E-state index >= 15 is 0 Å². The molecule has 27 heavy (non-hydrogen) atoms. The second-order valence-electron chi connectivity index (χ2n) is 8.58. The van der Waals surface area contributed by atoms with E-state index in [0.717, 1.165) is 25.8 Å². The van der Waals surface area contributed by atoms with Gasteiger partial charge in [-0.3, -0.25) is 14.5 Å². The van der Waals surface area contributed by atoms with Gasteiger partial charge in [0.25, 0.3) is 0 Å². The Morgan fingerprint density at radius 3 is 2.30 bits per heavy atom. The zero-order chi connectivity index (χ0) is 18.9. The van der Waals surface area contributed by atoms with Crippen LogP contribution >= 0.6 is 12.4 Å². The monoisotopic (exact) mass is 394 g/mol. The van der Waals surface area contributed by atoms with Crippen LogP contribution < -0.4 is 0 Å². The number of halogens is 1. The molecule has 2 heterocycles. The lowest BCUT2D eigenvalue weighted by molar-refractivity contribution is -0.143. The number of benzene rings is 1. The van der Waals surface area contributed by atoms with E-state index in [9.17, 15) is 14.7 Å². The Kier molecular flexibility index (Phi) is 6.92. The SMILES string of the molecule is CC(C)(C)c1ccc(C2CCCN2C(=O)CN2CCC[C@@H]2C(=O)O)cc1.Cl. The van der Waals surface area contributed by atoms with Crippen LogP contribution in [-0.4, -0.2) is 52.5 Å². The van der Waals surface area contributed by atoms with E-state index in [-0.39, 0.29) is 36.3 Å². The number of aliphatic carboxylic acids is 1. The Morgan fingerprint density at radius 1 is 1.07 bits per heavy atom. The molecule has 0 aliphatic carbocycles. The molecule has 2 aliphatic rings. The first kappa shape index (κ1) is 21.7. The zero-order valence-corrected chi connectivity index (χ0v) is 17.3. The molecule has 1 aromatic rings. The average molecular weight is 395 g/mol. The van der Waals surface area contributed by atoms with Crippen molar-refractivity contribution in [3.05, 3.63) is 35.4 Å². The van der Waals surface area contributed by atoms with Crippen molar-refractivity contribution in [2.75, 3.05) is 19.6 Å². The fraction of sp³-hybridized carbons (Fsp3) is 0.619. The molecular formula is C21H31ClN2O3. The lowest BCUT2D eigenvalue weighted by atomic mass is 9.86. The minimum atomic E-state index is -0.814. The maximum atomic E-state index is 12.9. The Balaban J connectivity index is 0.00000261. The van der Waals surface area contributed by atoms with Gasteiger partial charge in [0, 0.05) is 6.54 Å². The normalized spacial score (nSPS) is 23.3. The van der Waals surface area contributed by atoms with Gasteiger partial charge in [-0.05, 0) is 48.8 Å². The van der Waals surface area contributed by atoms with Crippen molar-refractivity contribution in [3.63, 3.8) is 0 Å². The predicted molar refractivity (Wildman–Crippen MR) is 108 cm³/mol. The molecule has 0 spiro atoms. The Hall–Kier alpha value is -1.59. The van der Waals surface area contributed by atoms with Crippen molar-refractivity contribution < 1.29 is 14.7 Å². The molecule has 1 amide bonds. The minimum Gasteiger partial charge on any atom is -0.480 e. The van der Waals surface area contributed by atoms with E-state index in [0.29, 0.717) is 13.0 Å². The van der Waals surface area contributed by atoms with Gasteiger partial charge < -0.3 is 10.0 Å². The van der Waals surface area contributed by atoms with Gasteiger partial charge in [0.1, 0.15) is 6.04 Å². The summed E-state index contributed by atoms with van der Waals surface area (Å²) in [6.07, 6.45) is 3.46. The number of carboxylic acids is 1. The van der Waals surface area contributed by atoms with Gasteiger partial charge in [-0.15, -0.1) is 12.4 Å². The molecule has 6 heteroatoms. The number of hydrogen-bond donors (Lipinski definition) is 1. The molecule has 2 saturated heterocycles. The van der Waals surface area contributed by atoms with E-state index in [2.05, 4.69) is 45.0 Å². The van der Waals surface area contributed by atoms with Gasteiger partial charge in [0.15, 0.2) is 0 Å². The number of rotatable bonds is 4. The number of carboxylic acid groups (broad SMARTS) is 1. The highest BCUT2D eigenvalue weighted by molar-refractivity contribution is 5.85. The number of likely N-dealkylation sites (tertiary alicyclic amines) is 2. The summed E-state index contributed by atoms with van der Waals surface area (Å²) < 4.78 is 0. The minimum absolute atomic E-state index is 0. The average Bonchev–Trinajstić information content (AvgIpc) is 3.23. The van der Waals surface area contributed by atoms with Crippen LogP contribution in [0, 0.1) is 0 Å². The highest BCUT2D eigenvalue weighted by Gasteiger charge is 2.35. The molecule has 1 aromatic carbocycles. The lowest BCUT2D eigenvalue weighted by Gasteiger charge is -2.29. The highest BCUT2D eigenvalue weighted by atomic mass is 35.5. The molecule has 0 aromatic heterocycles. The second-order valence-corrected chi connectivity index (χ2v) is 8.58. The molecule has 3 rings (SSSR count). The second kappa shape index (κ2) is 8.61. The molecule has 1 N–H and O–H groups in total. The molecule has 2 aliphatic heterocycles. The first-order valence-corrected chi connectivity index (χ1v) is 9.64. The number of hydrogen-bond acceptors (Lipinski definition) is 3. The predicted octanol–water partition coefficient (Wildman–Crippen LogP) is 3.62. The van der Waals surface area contributed by atoms with Crippen LogP contribution in [0.3, 0.4) is 0 Å². The summed E-state index contributed by atoms with van der Waals surface area (Å²) in [6, 6.07) is 8.22. The third-order valence-electron chi connectivity index (χ3n) is 5.72. The van der Waals surface area contributed by atoms with Crippen LogP contribution in [0.1, 0.15) is 63.6 Å². The Bertz CT molecular complexity index is 669. The van der Waals surface area contributed by atoms with Crippen molar-refractivity contribution in [2.45, 2.75) is 64.0 Å². The Labute approximate surface area is 168 Å². The summed E-state index contributed by atoms with van der Waals surface area (Å²) in [5, 5.41) is 9.32. The third kappa shape index (κ3) is 4.82. The van der Waals surface area contributed by atoms with Crippen molar-refractivity contribution in [3.8, 4) is 0 Å². The van der Waals surface area contributed by atoms with E-state index < -0.39 is 12.0 Å². The zero-order valence-electron chi connectivity index (χ0n) is 16.5. The van der Waals surface area contributed by atoms with Gasteiger partial charge >= 0.3 is 5.97 Å². The van der Waals surface area contributed by atoms with Crippen molar-refractivity contribution >= 4 is 24.3 Å². The maximum absolute atomic E-state index is 12.9. The van der Waals surface area contributed by atoms with Crippen molar-refractivity contribution in [1.29, 1.82) is 0 Å². The van der Waals surface area contributed by atoms with Crippen LogP contribution in [0.15, 0.2) is 24.3 Å². The third-order valence-corrected chi connectivity index (χ3v) is 5.72. The molecule has 0 bridgehead atoms. The summed E-state index contributed by atoms with van der Waals surface area (Å²) in [6.45, 7) is 8.26. The van der Waals surface area contributed by atoms with E-state index in [1.54, 1.807) is 0 Å². The van der Waals surface area contributed by atoms with Crippen LogP contribution in [0.2, 0.25) is 0 Å². The molecule has 0 radical (unpaired) electrons. The van der Waals surface area contributed by atoms with Gasteiger partial charge in [0.2, 0.25) is 5.91 Å². The van der Waals surface area contributed by atoms with Gasteiger partial charge in [-0.25, -0.2) is 0 Å². The first-order chi connectivity index (χ1) is 12.3. The van der Waals surface area contributed by atoms with Gasteiger partial charge in [0.05, 0.1) is 12.6 Å². The van der Waals surface area contributed by atoms with Crippen molar-refractivity contribution in [1.82, 2.24) is 9.80 Å². The largest absolute Gasteiger partial charge is 0.480 e. The number of amides is 1. The summed E-state index contributed by atoms with van der Waals surface area (Å²) in [5.41, 5.74) is 2.59. The summed E-state index contributed by atoms with van der Waals surface area (Å²) in [7, 11) is 0. The van der Waals surface area contributed by atoms with Crippen LogP contribution in [0.25, 0.3) is 0 Å². The Morgan fingerprint density at radius 2 is 1.70 bits per heavy atom. The van der Waals surface area contributed by atoms with E-state index in [1.165, 1.54) is 11.1 Å². The fourth-order valence-electron chi connectivity index (χ4n) is 4.18. The molecule has 1 unspecified atom stereocenters. The molecule has 0 saturated carbocycles. The molecule has 2 fully saturated rings. The standard InChI is InChI=1S/C21H30N2O3.ClH/c1-21(2,3)16-10-8-15(9-11-16)17-6-5-13-23(17)19(24)14-22-12-4-7-18(22)20(25)26;/h8-11,17-18H,4-7,12-14H2,1-3H3,(H,25,26);1H/t17?,18-;/m1./s1. The van der Waals surface area contributed by atoms with Crippen LogP contribution in [0.4, 0.5) is 0 Å².